The molecule has 3 aliphatic rings. The van der Waals surface area contributed by atoms with Crippen LogP contribution in [0.5, 0.6) is 0 Å². The predicted molar refractivity (Wildman–Crippen MR) is 91.3 cm³/mol. The topological polar surface area (TPSA) is 12.0 Å². The summed E-state index contributed by atoms with van der Waals surface area (Å²) in [4.78, 5) is 0. The molecule has 3 fully saturated rings. The van der Waals surface area contributed by atoms with Gasteiger partial charge in [-0.15, -0.1) is 0 Å². The highest BCUT2D eigenvalue weighted by Gasteiger charge is 2.53. The fraction of sp³-hybridized carbons (Fsp3) is 1.00. The third-order valence-electron chi connectivity index (χ3n) is 7.35. The summed E-state index contributed by atoms with van der Waals surface area (Å²) in [7, 11) is 0. The summed E-state index contributed by atoms with van der Waals surface area (Å²) in [5, 5.41) is 3.48. The quantitative estimate of drug-likeness (QED) is 0.748. The van der Waals surface area contributed by atoms with Crippen LogP contribution in [-0.4, -0.2) is 13.1 Å². The summed E-state index contributed by atoms with van der Waals surface area (Å²) >= 11 is 0. The molecule has 0 unspecified atom stereocenters. The minimum atomic E-state index is 0.526. The molecule has 2 aliphatic carbocycles. The van der Waals surface area contributed by atoms with Crippen molar-refractivity contribution in [2.75, 3.05) is 13.1 Å². The highest BCUT2D eigenvalue weighted by molar-refractivity contribution is 5.06. The van der Waals surface area contributed by atoms with E-state index in [9.17, 15) is 0 Å². The van der Waals surface area contributed by atoms with E-state index in [-0.39, 0.29) is 0 Å². The van der Waals surface area contributed by atoms with Crippen LogP contribution in [0.4, 0.5) is 0 Å². The smallest absolute Gasteiger partial charge is 0.00204 e. The van der Waals surface area contributed by atoms with Crippen LogP contribution in [0.3, 0.4) is 0 Å². The molecule has 0 radical (unpaired) electrons. The van der Waals surface area contributed by atoms with Gasteiger partial charge in [0.25, 0.3) is 0 Å². The minimum absolute atomic E-state index is 0.526. The van der Waals surface area contributed by atoms with Crippen LogP contribution >= 0.6 is 0 Å². The first kappa shape index (κ1) is 15.8. The average Bonchev–Trinajstić information content (AvgIpc) is 2.23. The Bertz CT molecular complexity index is 356. The molecule has 0 aromatic carbocycles. The lowest BCUT2D eigenvalue weighted by Gasteiger charge is -2.59. The number of nitrogens with one attached hydrogen (secondary N) is 1. The standard InChI is InChI=1S/C20H37N/c1-18(2,3)16-8-6-15(7-9-16)10-19(4,5)17-11-20(12-17)13-21-14-20/h15-17,21H,6-14H2,1-5H3. The van der Waals surface area contributed by atoms with E-state index in [4.69, 9.17) is 0 Å². The minimum Gasteiger partial charge on any atom is -0.316 e. The van der Waals surface area contributed by atoms with Crippen LogP contribution in [-0.2, 0) is 0 Å². The Balaban J connectivity index is 1.46. The van der Waals surface area contributed by atoms with Crippen LogP contribution < -0.4 is 5.32 Å². The lowest BCUT2D eigenvalue weighted by Crippen LogP contribution is -2.62. The molecule has 1 spiro atoms. The first-order chi connectivity index (χ1) is 9.70. The van der Waals surface area contributed by atoms with E-state index >= 15 is 0 Å². The van der Waals surface area contributed by atoms with Crippen LogP contribution in [0.1, 0.15) is 79.6 Å². The lowest BCUT2D eigenvalue weighted by atomic mass is 9.50. The second kappa shape index (κ2) is 5.25. The SMILES string of the molecule is CC(C)(C)C1CCC(CC(C)(C)C2CC3(CNC3)C2)CC1. The lowest BCUT2D eigenvalue weighted by molar-refractivity contribution is -0.0664. The molecule has 0 aromatic heterocycles. The Kier molecular flexibility index (Phi) is 3.96. The van der Waals surface area contributed by atoms with Gasteiger partial charge in [0.05, 0.1) is 0 Å². The van der Waals surface area contributed by atoms with Crippen molar-refractivity contribution in [2.24, 2.45) is 34.0 Å². The summed E-state index contributed by atoms with van der Waals surface area (Å²) < 4.78 is 0. The number of rotatable bonds is 3. The van der Waals surface area contributed by atoms with Crippen molar-refractivity contribution < 1.29 is 0 Å². The van der Waals surface area contributed by atoms with E-state index in [0.717, 1.165) is 23.2 Å². The van der Waals surface area contributed by atoms with Crippen LogP contribution in [0.2, 0.25) is 0 Å². The van der Waals surface area contributed by atoms with E-state index in [1.807, 2.05) is 0 Å². The summed E-state index contributed by atoms with van der Waals surface area (Å²) in [5.41, 5.74) is 1.85. The Morgan fingerprint density at radius 1 is 0.857 bits per heavy atom. The second-order valence-electron chi connectivity index (χ2n) is 10.5. The van der Waals surface area contributed by atoms with Crippen molar-refractivity contribution in [1.82, 2.24) is 5.32 Å². The third kappa shape index (κ3) is 3.19. The molecule has 21 heavy (non-hydrogen) atoms. The van der Waals surface area contributed by atoms with Gasteiger partial charge in [0.2, 0.25) is 0 Å². The Morgan fingerprint density at radius 3 is 1.86 bits per heavy atom. The molecule has 3 rings (SSSR count). The normalized spacial score (nSPS) is 33.6. The van der Waals surface area contributed by atoms with E-state index in [1.165, 1.54) is 58.0 Å². The van der Waals surface area contributed by atoms with Crippen LogP contribution in [0.25, 0.3) is 0 Å². The maximum absolute atomic E-state index is 3.48. The monoisotopic (exact) mass is 291 g/mol. The molecule has 1 heterocycles. The molecule has 2 saturated carbocycles. The van der Waals surface area contributed by atoms with Crippen molar-refractivity contribution >= 4 is 0 Å². The fourth-order valence-corrected chi connectivity index (χ4v) is 5.45. The highest BCUT2D eigenvalue weighted by Crippen LogP contribution is 2.57. The molecule has 1 nitrogen and oxygen atoms in total. The third-order valence-corrected chi connectivity index (χ3v) is 7.35. The molecule has 1 heteroatoms. The van der Waals surface area contributed by atoms with Gasteiger partial charge in [-0.2, -0.15) is 0 Å². The first-order valence-corrected chi connectivity index (χ1v) is 9.41. The van der Waals surface area contributed by atoms with Gasteiger partial charge in [0.1, 0.15) is 0 Å². The van der Waals surface area contributed by atoms with Crippen molar-refractivity contribution in [3.8, 4) is 0 Å². The molecule has 0 amide bonds. The molecule has 1 saturated heterocycles. The van der Waals surface area contributed by atoms with Gasteiger partial charge in [-0.25, -0.2) is 0 Å². The van der Waals surface area contributed by atoms with E-state index < -0.39 is 0 Å². The Hall–Kier alpha value is -0.0400. The number of hydrogen-bond donors (Lipinski definition) is 1. The largest absolute Gasteiger partial charge is 0.316 e. The van der Waals surface area contributed by atoms with Gasteiger partial charge in [-0.05, 0) is 66.1 Å². The van der Waals surface area contributed by atoms with Gasteiger partial charge in [0, 0.05) is 13.1 Å². The molecule has 0 aromatic rings. The van der Waals surface area contributed by atoms with Gasteiger partial charge < -0.3 is 5.32 Å². The van der Waals surface area contributed by atoms with E-state index in [0.29, 0.717) is 10.8 Å². The van der Waals surface area contributed by atoms with Gasteiger partial charge >= 0.3 is 0 Å². The fourth-order valence-electron chi connectivity index (χ4n) is 5.45. The van der Waals surface area contributed by atoms with Gasteiger partial charge in [-0.3, -0.25) is 0 Å². The average molecular weight is 292 g/mol. The second-order valence-corrected chi connectivity index (χ2v) is 10.5. The van der Waals surface area contributed by atoms with Gasteiger partial charge in [0.15, 0.2) is 0 Å². The number of hydrogen-bond acceptors (Lipinski definition) is 1. The van der Waals surface area contributed by atoms with Crippen LogP contribution in [0, 0.1) is 34.0 Å². The van der Waals surface area contributed by atoms with Crippen molar-refractivity contribution in [3.63, 3.8) is 0 Å². The van der Waals surface area contributed by atoms with Gasteiger partial charge in [-0.1, -0.05) is 47.5 Å². The predicted octanol–water partition coefficient (Wildman–Crippen LogP) is 5.25. The van der Waals surface area contributed by atoms with E-state index in [2.05, 4.69) is 39.9 Å². The molecule has 0 bridgehead atoms. The maximum Gasteiger partial charge on any atom is 0.00204 e. The van der Waals surface area contributed by atoms with Crippen molar-refractivity contribution in [3.05, 3.63) is 0 Å². The Morgan fingerprint density at radius 2 is 1.43 bits per heavy atom. The molecule has 1 aliphatic heterocycles. The molecule has 1 N–H and O–H groups in total. The zero-order valence-corrected chi connectivity index (χ0v) is 15.1. The first-order valence-electron chi connectivity index (χ1n) is 9.41. The zero-order chi connectivity index (χ0) is 15.3. The molecule has 122 valence electrons. The molecular weight excluding hydrogens is 254 g/mol. The summed E-state index contributed by atoms with van der Waals surface area (Å²) in [6.07, 6.45) is 10.4. The maximum atomic E-state index is 3.48. The summed E-state index contributed by atoms with van der Waals surface area (Å²) in [6.45, 7) is 15.0. The zero-order valence-electron chi connectivity index (χ0n) is 15.1. The molecule has 0 atom stereocenters. The Labute approximate surface area is 132 Å². The highest BCUT2D eigenvalue weighted by atomic mass is 15.0. The van der Waals surface area contributed by atoms with Crippen molar-refractivity contribution in [1.29, 1.82) is 0 Å². The van der Waals surface area contributed by atoms with E-state index in [1.54, 1.807) is 0 Å². The molecular formula is C20H37N. The summed E-state index contributed by atoms with van der Waals surface area (Å²) in [5.74, 6) is 2.97. The van der Waals surface area contributed by atoms with Crippen molar-refractivity contribution in [2.45, 2.75) is 79.6 Å². The van der Waals surface area contributed by atoms with Crippen LogP contribution in [0.15, 0.2) is 0 Å². The summed E-state index contributed by atoms with van der Waals surface area (Å²) in [6, 6.07) is 0.